The molecule has 50 heavy (non-hydrogen) atoms. The number of nitrogens with one attached hydrogen (secondary N) is 2. The second-order valence-corrected chi connectivity index (χ2v) is 13.0. The van der Waals surface area contributed by atoms with E-state index >= 15 is 0 Å². The highest BCUT2D eigenvalue weighted by Crippen LogP contribution is 2.44. The molecule has 1 saturated carbocycles. The summed E-state index contributed by atoms with van der Waals surface area (Å²) in [6.45, 7) is 1.06. The topological polar surface area (TPSA) is 143 Å². The Kier molecular flexibility index (Phi) is 8.09. The minimum atomic E-state index is -4.58. The Bertz CT molecular complexity index is 2040. The standard InChI is InChI=1S/C34H28ClF3N6O6/c1-50-31-19(15-39-44(31)33(11-2-12-33)32(49)40-25-8-5-20(13-24(25)35)34(36,37)38)4-3-18-16-42(17-18)21-6-7-22-23(14-21)30(48)43(29(22)47)26-9-10-27(45)41-28(26)46/h5-8,13-15,18,26H,2,9-12,16-17H2,1H3,(H,40,49)(H,41,45,46). The largest absolute Gasteiger partial charge is 0.480 e. The summed E-state index contributed by atoms with van der Waals surface area (Å²) in [6.07, 6.45) is -1.42. The lowest BCUT2D eigenvalue weighted by Crippen LogP contribution is -2.54. The number of amides is 5. The van der Waals surface area contributed by atoms with Gasteiger partial charge in [-0.05, 0) is 62.1 Å². The highest BCUT2D eigenvalue weighted by molar-refractivity contribution is 6.33. The van der Waals surface area contributed by atoms with Gasteiger partial charge in [-0.15, -0.1) is 0 Å². The first-order valence-electron chi connectivity index (χ1n) is 15.7. The van der Waals surface area contributed by atoms with Crippen LogP contribution in [-0.2, 0) is 26.1 Å². The molecule has 12 nitrogen and oxygen atoms in total. The number of methoxy groups -OCH3 is 1. The Labute approximate surface area is 287 Å². The number of aromatic nitrogens is 2. The molecule has 3 aliphatic heterocycles. The van der Waals surface area contributed by atoms with Gasteiger partial charge in [0.05, 0.1) is 46.6 Å². The number of halogens is 4. The van der Waals surface area contributed by atoms with Crippen molar-refractivity contribution in [1.82, 2.24) is 20.0 Å². The fourth-order valence-corrected chi connectivity index (χ4v) is 6.85. The maximum absolute atomic E-state index is 13.5. The molecule has 0 spiro atoms. The number of carbonyl (C=O) groups is 5. The average Bonchev–Trinajstić information content (AvgIpc) is 3.54. The molecule has 3 aromatic rings. The number of hydrogen-bond donors (Lipinski definition) is 2. The third-order valence-electron chi connectivity index (χ3n) is 9.55. The van der Waals surface area contributed by atoms with E-state index in [-0.39, 0.29) is 46.5 Å². The van der Waals surface area contributed by atoms with Crippen LogP contribution in [0, 0.1) is 17.8 Å². The minimum absolute atomic E-state index is 0.0370. The van der Waals surface area contributed by atoms with Crippen molar-refractivity contribution in [3.05, 3.63) is 69.9 Å². The Morgan fingerprint density at radius 3 is 2.46 bits per heavy atom. The zero-order chi connectivity index (χ0) is 35.5. The molecule has 1 unspecified atom stereocenters. The first kappa shape index (κ1) is 33.2. The van der Waals surface area contributed by atoms with Crippen molar-refractivity contribution in [1.29, 1.82) is 0 Å². The average molecular weight is 709 g/mol. The molecule has 7 rings (SSSR count). The number of ether oxygens (including phenoxy) is 1. The van der Waals surface area contributed by atoms with E-state index in [0.717, 1.165) is 23.1 Å². The first-order chi connectivity index (χ1) is 23.8. The van der Waals surface area contributed by atoms with Crippen molar-refractivity contribution in [2.45, 2.75) is 49.9 Å². The predicted octanol–water partition coefficient (Wildman–Crippen LogP) is 3.97. The molecule has 4 heterocycles. The number of nitrogens with zero attached hydrogens (tertiary/aromatic N) is 4. The summed E-state index contributed by atoms with van der Waals surface area (Å²) in [5.74, 6) is 3.74. The SMILES string of the molecule is COc1c(C#CC2CN(c3ccc4c(c3)C(=O)N(C3CCC(=O)NC3=O)C4=O)C2)cnn1C1(C(=O)Nc2ccc(C(F)(F)F)cc2Cl)CCC1. The summed E-state index contributed by atoms with van der Waals surface area (Å²) >= 11 is 6.08. The first-order valence-corrected chi connectivity index (χ1v) is 16.1. The van der Waals surface area contributed by atoms with Crippen LogP contribution in [-0.4, -0.2) is 70.5 Å². The van der Waals surface area contributed by atoms with E-state index in [1.54, 1.807) is 18.2 Å². The van der Waals surface area contributed by atoms with E-state index in [2.05, 4.69) is 27.6 Å². The van der Waals surface area contributed by atoms with Gasteiger partial charge in [0, 0.05) is 25.2 Å². The third kappa shape index (κ3) is 5.53. The number of benzene rings is 2. The van der Waals surface area contributed by atoms with Crippen LogP contribution in [0.5, 0.6) is 5.88 Å². The molecule has 2 saturated heterocycles. The maximum atomic E-state index is 13.5. The fourth-order valence-electron chi connectivity index (χ4n) is 6.62. The van der Waals surface area contributed by atoms with E-state index in [1.165, 1.54) is 18.0 Å². The number of imide groups is 2. The van der Waals surface area contributed by atoms with Gasteiger partial charge >= 0.3 is 6.18 Å². The maximum Gasteiger partial charge on any atom is 0.416 e. The molecule has 0 radical (unpaired) electrons. The normalized spacial score (nSPS) is 20.0. The van der Waals surface area contributed by atoms with E-state index in [0.29, 0.717) is 43.6 Å². The number of anilines is 2. The molecule has 1 aliphatic carbocycles. The monoisotopic (exact) mass is 708 g/mol. The summed E-state index contributed by atoms with van der Waals surface area (Å²) in [4.78, 5) is 66.6. The van der Waals surface area contributed by atoms with Gasteiger partial charge < -0.3 is 15.0 Å². The van der Waals surface area contributed by atoms with Crippen LogP contribution < -0.4 is 20.3 Å². The number of alkyl halides is 3. The summed E-state index contributed by atoms with van der Waals surface area (Å²) in [7, 11) is 1.43. The summed E-state index contributed by atoms with van der Waals surface area (Å²) in [6, 6.07) is 6.60. The van der Waals surface area contributed by atoms with Crippen LogP contribution >= 0.6 is 11.6 Å². The Hall–Kier alpha value is -5.36. The molecular formula is C34H28ClF3N6O6. The Morgan fingerprint density at radius 2 is 1.82 bits per heavy atom. The van der Waals surface area contributed by atoms with Crippen molar-refractivity contribution in [3.63, 3.8) is 0 Å². The van der Waals surface area contributed by atoms with E-state index in [9.17, 15) is 37.1 Å². The summed E-state index contributed by atoms with van der Waals surface area (Å²) in [5.41, 5.74) is -0.476. The molecule has 0 bridgehead atoms. The van der Waals surface area contributed by atoms with Crippen LogP contribution in [0.4, 0.5) is 24.5 Å². The second-order valence-electron chi connectivity index (χ2n) is 12.6. The van der Waals surface area contributed by atoms with Crippen molar-refractivity contribution < 1.29 is 41.9 Å². The molecule has 2 aromatic carbocycles. The molecule has 16 heteroatoms. The second kappa shape index (κ2) is 12.2. The Balaban J connectivity index is 1.02. The molecule has 1 aromatic heterocycles. The van der Waals surface area contributed by atoms with Crippen molar-refractivity contribution in [3.8, 4) is 17.7 Å². The number of piperidine rings is 1. The molecule has 2 N–H and O–H groups in total. The van der Waals surface area contributed by atoms with Gasteiger partial charge in [0.1, 0.15) is 17.1 Å². The van der Waals surface area contributed by atoms with Crippen LogP contribution in [0.25, 0.3) is 0 Å². The lowest BCUT2D eigenvalue weighted by molar-refractivity contribution is -0.138. The molecule has 3 fully saturated rings. The van der Waals surface area contributed by atoms with Gasteiger partial charge in [0.15, 0.2) is 0 Å². The van der Waals surface area contributed by atoms with Crippen LogP contribution in [0.3, 0.4) is 0 Å². The minimum Gasteiger partial charge on any atom is -0.480 e. The molecule has 1 atom stereocenters. The summed E-state index contributed by atoms with van der Waals surface area (Å²) in [5, 5.41) is 9.02. The van der Waals surface area contributed by atoms with Gasteiger partial charge in [0.25, 0.3) is 17.7 Å². The molecule has 5 amide bonds. The van der Waals surface area contributed by atoms with Crippen molar-refractivity contribution in [2.75, 3.05) is 30.4 Å². The van der Waals surface area contributed by atoms with E-state index < -0.39 is 52.9 Å². The predicted molar refractivity (Wildman–Crippen MR) is 171 cm³/mol. The summed E-state index contributed by atoms with van der Waals surface area (Å²) < 4.78 is 46.3. The van der Waals surface area contributed by atoms with Crippen molar-refractivity contribution in [2.24, 2.45) is 5.92 Å². The number of fused-ring (bicyclic) bond motifs is 1. The molecular weight excluding hydrogens is 681 g/mol. The Morgan fingerprint density at radius 1 is 1.08 bits per heavy atom. The lowest BCUT2D eigenvalue weighted by atomic mass is 9.76. The fraction of sp³-hybridized carbons (Fsp3) is 0.353. The quantitative estimate of drug-likeness (QED) is 0.290. The molecule has 4 aliphatic rings. The van der Waals surface area contributed by atoms with Crippen LogP contribution in [0.2, 0.25) is 5.02 Å². The van der Waals surface area contributed by atoms with Gasteiger partial charge in [-0.1, -0.05) is 23.4 Å². The smallest absolute Gasteiger partial charge is 0.416 e. The van der Waals surface area contributed by atoms with E-state index in [1.807, 2.05) is 4.90 Å². The number of carbonyl (C=O) groups excluding carboxylic acids is 5. The highest BCUT2D eigenvalue weighted by atomic mass is 35.5. The van der Waals surface area contributed by atoms with Crippen LogP contribution in [0.1, 0.15) is 63.9 Å². The van der Waals surface area contributed by atoms with Crippen molar-refractivity contribution >= 4 is 52.5 Å². The zero-order valence-corrected chi connectivity index (χ0v) is 27.2. The van der Waals surface area contributed by atoms with Gasteiger partial charge in [-0.3, -0.25) is 34.2 Å². The zero-order valence-electron chi connectivity index (χ0n) is 26.4. The number of rotatable bonds is 6. The van der Waals surface area contributed by atoms with Gasteiger partial charge in [-0.2, -0.15) is 18.3 Å². The lowest BCUT2D eigenvalue weighted by Gasteiger charge is -2.40. The van der Waals surface area contributed by atoms with Crippen LogP contribution in [0.15, 0.2) is 42.6 Å². The molecule has 258 valence electrons. The van der Waals surface area contributed by atoms with E-state index in [4.69, 9.17) is 16.3 Å². The third-order valence-corrected chi connectivity index (χ3v) is 9.87. The van der Waals surface area contributed by atoms with Gasteiger partial charge in [-0.25, -0.2) is 4.68 Å². The number of hydrogen-bond acceptors (Lipinski definition) is 8. The highest BCUT2D eigenvalue weighted by Gasteiger charge is 2.49. The van der Waals surface area contributed by atoms with Gasteiger partial charge in [0.2, 0.25) is 17.7 Å².